The molecule has 0 saturated heterocycles. The highest BCUT2D eigenvalue weighted by atomic mass is 32.2. The van der Waals surface area contributed by atoms with E-state index in [-0.39, 0.29) is 12.3 Å². The average Bonchev–Trinajstić information content (AvgIpc) is 2.33. The van der Waals surface area contributed by atoms with Crippen LogP contribution in [0, 0.1) is 17.6 Å². The molecule has 0 atom stereocenters. The maximum Gasteiger partial charge on any atom is 0.244 e. The SMILES string of the molecule is CC(C)CONC(=O)CCSc1ccc(F)c(F)c1. The van der Waals surface area contributed by atoms with Crippen LogP contribution in [0.1, 0.15) is 20.3 Å². The minimum atomic E-state index is -0.880. The third-order valence-corrected chi connectivity index (χ3v) is 3.09. The van der Waals surface area contributed by atoms with Gasteiger partial charge < -0.3 is 0 Å². The molecule has 106 valence electrons. The van der Waals surface area contributed by atoms with Crippen LogP contribution < -0.4 is 5.48 Å². The number of hydrogen-bond donors (Lipinski definition) is 1. The molecular formula is C13H17F2NO2S. The fraction of sp³-hybridized carbons (Fsp3) is 0.462. The number of carbonyl (C=O) groups is 1. The Balaban J connectivity index is 2.22. The van der Waals surface area contributed by atoms with Crippen molar-refractivity contribution in [3.8, 4) is 0 Å². The van der Waals surface area contributed by atoms with E-state index in [0.29, 0.717) is 23.2 Å². The molecule has 3 nitrogen and oxygen atoms in total. The van der Waals surface area contributed by atoms with Crippen LogP contribution in [0.3, 0.4) is 0 Å². The number of nitrogens with one attached hydrogen (secondary N) is 1. The molecule has 0 heterocycles. The summed E-state index contributed by atoms with van der Waals surface area (Å²) in [4.78, 5) is 16.9. The Morgan fingerprint density at radius 1 is 1.37 bits per heavy atom. The van der Waals surface area contributed by atoms with Crippen molar-refractivity contribution in [1.29, 1.82) is 0 Å². The van der Waals surface area contributed by atoms with Gasteiger partial charge in [0.2, 0.25) is 5.91 Å². The second-order valence-corrected chi connectivity index (χ2v) is 5.57. The lowest BCUT2D eigenvalue weighted by Crippen LogP contribution is -2.25. The molecular weight excluding hydrogens is 272 g/mol. The van der Waals surface area contributed by atoms with E-state index in [0.717, 1.165) is 12.1 Å². The third-order valence-electron chi connectivity index (χ3n) is 2.09. The highest BCUT2D eigenvalue weighted by Crippen LogP contribution is 2.20. The summed E-state index contributed by atoms with van der Waals surface area (Å²) in [5, 5.41) is 0. The van der Waals surface area contributed by atoms with E-state index in [4.69, 9.17) is 4.84 Å². The van der Waals surface area contributed by atoms with E-state index in [2.05, 4.69) is 5.48 Å². The van der Waals surface area contributed by atoms with Crippen molar-refractivity contribution in [3.63, 3.8) is 0 Å². The minimum Gasteiger partial charge on any atom is -0.273 e. The number of halogens is 2. The van der Waals surface area contributed by atoms with Gasteiger partial charge in [0.15, 0.2) is 11.6 Å². The van der Waals surface area contributed by atoms with Gasteiger partial charge in [0.1, 0.15) is 0 Å². The van der Waals surface area contributed by atoms with Gasteiger partial charge in [-0.1, -0.05) is 13.8 Å². The van der Waals surface area contributed by atoms with Crippen molar-refractivity contribution < 1.29 is 18.4 Å². The second kappa shape index (κ2) is 8.12. The fourth-order valence-corrected chi connectivity index (χ4v) is 2.04. The molecule has 0 radical (unpaired) electrons. The van der Waals surface area contributed by atoms with E-state index < -0.39 is 11.6 Å². The summed E-state index contributed by atoms with van der Waals surface area (Å²) in [7, 11) is 0. The largest absolute Gasteiger partial charge is 0.273 e. The van der Waals surface area contributed by atoms with Crippen LogP contribution in [0.4, 0.5) is 8.78 Å². The van der Waals surface area contributed by atoms with Crippen molar-refractivity contribution in [3.05, 3.63) is 29.8 Å². The van der Waals surface area contributed by atoms with Crippen molar-refractivity contribution in [2.24, 2.45) is 5.92 Å². The lowest BCUT2D eigenvalue weighted by molar-refractivity contribution is -0.133. The van der Waals surface area contributed by atoms with E-state index in [1.807, 2.05) is 13.8 Å². The summed E-state index contributed by atoms with van der Waals surface area (Å²) in [5.74, 6) is -1.16. The van der Waals surface area contributed by atoms with Gasteiger partial charge >= 0.3 is 0 Å². The van der Waals surface area contributed by atoms with Gasteiger partial charge in [0.05, 0.1) is 6.61 Å². The summed E-state index contributed by atoms with van der Waals surface area (Å²) in [6.45, 7) is 4.41. The molecule has 0 aliphatic carbocycles. The Bertz CT molecular complexity index is 427. The lowest BCUT2D eigenvalue weighted by Gasteiger charge is -2.07. The topological polar surface area (TPSA) is 38.3 Å². The van der Waals surface area contributed by atoms with Gasteiger partial charge in [-0.15, -0.1) is 11.8 Å². The van der Waals surface area contributed by atoms with Gasteiger partial charge in [0, 0.05) is 17.1 Å². The molecule has 1 aromatic rings. The van der Waals surface area contributed by atoms with Crippen LogP contribution in [0.15, 0.2) is 23.1 Å². The highest BCUT2D eigenvalue weighted by molar-refractivity contribution is 7.99. The van der Waals surface area contributed by atoms with Gasteiger partial charge in [-0.05, 0) is 24.1 Å². The molecule has 0 aliphatic heterocycles. The number of hydrogen-bond acceptors (Lipinski definition) is 3. The van der Waals surface area contributed by atoms with Gasteiger partial charge in [-0.25, -0.2) is 14.3 Å². The molecule has 1 N–H and O–H groups in total. The first-order valence-corrected chi connectivity index (χ1v) is 6.96. The van der Waals surface area contributed by atoms with Crippen LogP contribution in [-0.2, 0) is 9.63 Å². The number of carbonyl (C=O) groups excluding carboxylic acids is 1. The fourth-order valence-electron chi connectivity index (χ4n) is 1.17. The maximum atomic E-state index is 12.9. The van der Waals surface area contributed by atoms with Crippen LogP contribution in [0.5, 0.6) is 0 Å². The number of hydroxylamine groups is 1. The molecule has 1 amide bonds. The summed E-state index contributed by atoms with van der Waals surface area (Å²) in [6, 6.07) is 3.67. The zero-order valence-electron chi connectivity index (χ0n) is 10.9. The van der Waals surface area contributed by atoms with E-state index in [9.17, 15) is 13.6 Å². The van der Waals surface area contributed by atoms with Crippen molar-refractivity contribution >= 4 is 17.7 Å². The van der Waals surface area contributed by atoms with Crippen LogP contribution >= 0.6 is 11.8 Å². The Morgan fingerprint density at radius 3 is 2.74 bits per heavy atom. The Labute approximate surface area is 115 Å². The molecule has 19 heavy (non-hydrogen) atoms. The first-order chi connectivity index (χ1) is 8.99. The normalized spacial score (nSPS) is 10.8. The summed E-state index contributed by atoms with van der Waals surface area (Å²) in [6.07, 6.45) is 0.252. The number of rotatable bonds is 7. The minimum absolute atomic E-state index is 0.226. The maximum absolute atomic E-state index is 12.9. The van der Waals surface area contributed by atoms with Crippen LogP contribution in [0.25, 0.3) is 0 Å². The zero-order valence-corrected chi connectivity index (χ0v) is 11.7. The molecule has 0 unspecified atom stereocenters. The van der Waals surface area contributed by atoms with Gasteiger partial charge in [-0.3, -0.25) is 9.63 Å². The first-order valence-electron chi connectivity index (χ1n) is 5.97. The van der Waals surface area contributed by atoms with E-state index in [1.54, 1.807) is 0 Å². The van der Waals surface area contributed by atoms with E-state index >= 15 is 0 Å². The van der Waals surface area contributed by atoms with Crippen LogP contribution in [0.2, 0.25) is 0 Å². The summed E-state index contributed by atoms with van der Waals surface area (Å²) < 4.78 is 25.6. The molecule has 1 aromatic carbocycles. The molecule has 1 rings (SSSR count). The van der Waals surface area contributed by atoms with Crippen molar-refractivity contribution in [2.45, 2.75) is 25.2 Å². The predicted molar refractivity (Wildman–Crippen MR) is 70.6 cm³/mol. The standard InChI is InChI=1S/C13H17F2NO2S/c1-9(2)8-18-16-13(17)5-6-19-10-3-4-11(14)12(15)7-10/h3-4,7,9H,5-6,8H2,1-2H3,(H,16,17). The smallest absolute Gasteiger partial charge is 0.244 e. The molecule has 0 saturated carbocycles. The molecule has 6 heteroatoms. The number of benzene rings is 1. The molecule has 0 spiro atoms. The molecule has 0 fully saturated rings. The third kappa shape index (κ3) is 6.54. The van der Waals surface area contributed by atoms with E-state index in [1.165, 1.54) is 17.8 Å². The van der Waals surface area contributed by atoms with Gasteiger partial charge in [-0.2, -0.15) is 0 Å². The van der Waals surface area contributed by atoms with Gasteiger partial charge in [0.25, 0.3) is 0 Å². The Morgan fingerprint density at radius 2 is 2.11 bits per heavy atom. The Hall–Kier alpha value is -1.14. The first kappa shape index (κ1) is 15.9. The number of amides is 1. The zero-order chi connectivity index (χ0) is 14.3. The monoisotopic (exact) mass is 289 g/mol. The predicted octanol–water partition coefficient (Wildman–Crippen LogP) is 3.15. The lowest BCUT2D eigenvalue weighted by atomic mass is 10.2. The molecule has 0 aromatic heterocycles. The average molecular weight is 289 g/mol. The van der Waals surface area contributed by atoms with Crippen molar-refractivity contribution in [2.75, 3.05) is 12.4 Å². The van der Waals surface area contributed by atoms with Crippen LogP contribution in [-0.4, -0.2) is 18.3 Å². The molecule has 0 bridgehead atoms. The summed E-state index contributed by atoms with van der Waals surface area (Å²) >= 11 is 1.29. The number of thioether (sulfide) groups is 1. The molecule has 0 aliphatic rings. The Kier molecular flexibility index (Phi) is 6.80. The highest BCUT2D eigenvalue weighted by Gasteiger charge is 2.05. The summed E-state index contributed by atoms with van der Waals surface area (Å²) in [5.41, 5.74) is 2.33. The quantitative estimate of drug-likeness (QED) is 0.619. The van der Waals surface area contributed by atoms with Crippen molar-refractivity contribution in [1.82, 2.24) is 5.48 Å². The second-order valence-electron chi connectivity index (χ2n) is 4.40.